The molecule has 5 nitrogen and oxygen atoms in total. The number of aromatic nitrogens is 3. The summed E-state index contributed by atoms with van der Waals surface area (Å²) in [7, 11) is 0. The van der Waals surface area contributed by atoms with Crippen molar-refractivity contribution < 1.29 is 14.0 Å². The first kappa shape index (κ1) is 12.3. The Morgan fingerprint density at radius 1 is 1.15 bits per heavy atom. The first-order valence-corrected chi connectivity index (χ1v) is 5.93. The normalized spacial score (nSPS) is 10.7. The summed E-state index contributed by atoms with van der Waals surface area (Å²) in [6, 6.07) is 7.45. The first-order chi connectivity index (χ1) is 9.72. The van der Waals surface area contributed by atoms with Gasteiger partial charge in [0.15, 0.2) is 5.82 Å². The lowest BCUT2D eigenvalue weighted by Crippen LogP contribution is -1.91. The highest BCUT2D eigenvalue weighted by Crippen LogP contribution is 2.24. The fourth-order valence-corrected chi connectivity index (χ4v) is 1.80. The Kier molecular flexibility index (Phi) is 3.12. The van der Waals surface area contributed by atoms with Gasteiger partial charge in [0.05, 0.1) is 5.56 Å². The van der Waals surface area contributed by atoms with Crippen LogP contribution in [0.4, 0.5) is 4.39 Å². The number of nitrogens with zero attached hydrogens (tertiary/aromatic N) is 3. The number of aromatic hydroxyl groups is 1. The third-order valence-corrected chi connectivity index (χ3v) is 2.76. The third-order valence-electron chi connectivity index (χ3n) is 2.76. The van der Waals surface area contributed by atoms with E-state index in [1.165, 1.54) is 12.1 Å². The third kappa shape index (κ3) is 2.49. The van der Waals surface area contributed by atoms with E-state index >= 15 is 0 Å². The van der Waals surface area contributed by atoms with Crippen molar-refractivity contribution in [2.24, 2.45) is 0 Å². The fourth-order valence-electron chi connectivity index (χ4n) is 1.80. The quantitative estimate of drug-likeness (QED) is 0.792. The minimum absolute atomic E-state index is 0.0894. The first-order valence-electron chi connectivity index (χ1n) is 5.93. The zero-order valence-electron chi connectivity index (χ0n) is 10.3. The molecule has 0 aliphatic heterocycles. The van der Waals surface area contributed by atoms with Gasteiger partial charge in [0.1, 0.15) is 11.6 Å². The minimum Gasteiger partial charge on any atom is -0.508 e. The summed E-state index contributed by atoms with van der Waals surface area (Å²) >= 11 is 0. The number of benzene rings is 1. The molecule has 100 valence electrons. The summed E-state index contributed by atoms with van der Waals surface area (Å²) in [5, 5.41) is 13.0. The Bertz CT molecular complexity index is 728. The van der Waals surface area contributed by atoms with Gasteiger partial charge < -0.3 is 9.63 Å². The Hall–Kier alpha value is -2.76. The predicted molar refractivity (Wildman–Crippen MR) is 68.4 cm³/mol. The molecule has 0 spiro atoms. The largest absolute Gasteiger partial charge is 0.508 e. The molecule has 0 aliphatic rings. The molecule has 3 aromatic rings. The van der Waals surface area contributed by atoms with Crippen LogP contribution >= 0.6 is 0 Å². The number of halogens is 1. The van der Waals surface area contributed by atoms with Gasteiger partial charge in [-0.2, -0.15) is 4.98 Å². The molecule has 20 heavy (non-hydrogen) atoms. The van der Waals surface area contributed by atoms with Crippen molar-refractivity contribution in [1.29, 1.82) is 0 Å². The second kappa shape index (κ2) is 5.08. The molecule has 0 atom stereocenters. The molecular formula is C14H10FN3O2. The molecule has 0 saturated heterocycles. The van der Waals surface area contributed by atoms with Gasteiger partial charge >= 0.3 is 0 Å². The molecule has 1 N–H and O–H groups in total. The Balaban J connectivity index is 1.87. The molecule has 0 radical (unpaired) electrons. The Morgan fingerprint density at radius 3 is 2.70 bits per heavy atom. The predicted octanol–water partition coefficient (Wildman–Crippen LogP) is 2.57. The summed E-state index contributed by atoms with van der Waals surface area (Å²) in [5.41, 5.74) is 1.15. The second-order valence-electron chi connectivity index (χ2n) is 4.21. The molecule has 1 aromatic carbocycles. The van der Waals surface area contributed by atoms with Gasteiger partial charge in [-0.15, -0.1) is 0 Å². The lowest BCUT2D eigenvalue weighted by atomic mass is 10.2. The standard InChI is InChI=1S/C14H10FN3O2/c15-12-8-10(19)1-2-11(12)14-17-13(18-20-14)7-9-3-5-16-6-4-9/h1-6,8,19H,7H2. The van der Waals surface area contributed by atoms with Crippen LogP contribution in [0.2, 0.25) is 0 Å². The molecule has 3 rings (SSSR count). The van der Waals surface area contributed by atoms with Crippen molar-refractivity contribution in [1.82, 2.24) is 15.1 Å². The van der Waals surface area contributed by atoms with E-state index in [0.717, 1.165) is 11.6 Å². The minimum atomic E-state index is -0.607. The van der Waals surface area contributed by atoms with Crippen molar-refractivity contribution in [2.45, 2.75) is 6.42 Å². The van der Waals surface area contributed by atoms with Gasteiger partial charge in [-0.1, -0.05) is 5.16 Å². The molecule has 6 heteroatoms. The summed E-state index contributed by atoms with van der Waals surface area (Å²) in [5.74, 6) is -0.211. The average molecular weight is 271 g/mol. The molecule has 2 heterocycles. The van der Waals surface area contributed by atoms with E-state index in [1.807, 2.05) is 12.1 Å². The lowest BCUT2D eigenvalue weighted by molar-refractivity contribution is 0.421. The van der Waals surface area contributed by atoms with Gasteiger partial charge in [0, 0.05) is 24.9 Å². The van der Waals surface area contributed by atoms with Crippen molar-refractivity contribution in [3.8, 4) is 17.2 Å². The Labute approximate surface area is 113 Å². The maximum atomic E-state index is 13.7. The highest BCUT2D eigenvalue weighted by molar-refractivity contribution is 5.55. The van der Waals surface area contributed by atoms with Crippen LogP contribution in [0.5, 0.6) is 5.75 Å². The van der Waals surface area contributed by atoms with Crippen LogP contribution in [0.25, 0.3) is 11.5 Å². The topological polar surface area (TPSA) is 72.0 Å². The van der Waals surface area contributed by atoms with E-state index in [0.29, 0.717) is 12.2 Å². The Morgan fingerprint density at radius 2 is 1.95 bits per heavy atom. The van der Waals surface area contributed by atoms with Crippen LogP contribution in [-0.4, -0.2) is 20.2 Å². The van der Waals surface area contributed by atoms with E-state index in [4.69, 9.17) is 4.52 Å². The summed E-state index contributed by atoms with van der Waals surface area (Å²) in [4.78, 5) is 8.07. The number of hydrogen-bond acceptors (Lipinski definition) is 5. The number of phenolic OH excluding ortho intramolecular Hbond substituents is 1. The molecule has 0 fully saturated rings. The van der Waals surface area contributed by atoms with Crippen LogP contribution in [0.1, 0.15) is 11.4 Å². The smallest absolute Gasteiger partial charge is 0.260 e. The monoisotopic (exact) mass is 271 g/mol. The zero-order valence-corrected chi connectivity index (χ0v) is 10.3. The average Bonchev–Trinajstić information content (AvgIpc) is 2.88. The van der Waals surface area contributed by atoms with Gasteiger partial charge in [0.2, 0.25) is 0 Å². The van der Waals surface area contributed by atoms with Crippen LogP contribution < -0.4 is 0 Å². The molecule has 2 aromatic heterocycles. The van der Waals surface area contributed by atoms with Crippen molar-refractivity contribution in [3.05, 3.63) is 59.9 Å². The molecule has 0 bridgehead atoms. The molecular weight excluding hydrogens is 261 g/mol. The van der Waals surface area contributed by atoms with Crippen molar-refractivity contribution in [2.75, 3.05) is 0 Å². The summed E-state index contributed by atoms with van der Waals surface area (Å²) in [6.45, 7) is 0. The zero-order chi connectivity index (χ0) is 13.9. The van der Waals surface area contributed by atoms with E-state index in [-0.39, 0.29) is 17.2 Å². The summed E-state index contributed by atoms with van der Waals surface area (Å²) in [6.07, 6.45) is 3.83. The van der Waals surface area contributed by atoms with E-state index in [9.17, 15) is 9.50 Å². The van der Waals surface area contributed by atoms with E-state index < -0.39 is 5.82 Å². The van der Waals surface area contributed by atoms with Gasteiger partial charge in [-0.3, -0.25) is 4.98 Å². The van der Waals surface area contributed by atoms with Crippen LogP contribution in [0, 0.1) is 5.82 Å². The number of phenols is 1. The van der Waals surface area contributed by atoms with Crippen LogP contribution in [-0.2, 0) is 6.42 Å². The fraction of sp³-hybridized carbons (Fsp3) is 0.0714. The highest BCUT2D eigenvalue weighted by Gasteiger charge is 2.14. The van der Waals surface area contributed by atoms with Crippen LogP contribution in [0.15, 0.2) is 47.2 Å². The number of rotatable bonds is 3. The molecule has 0 amide bonds. The van der Waals surface area contributed by atoms with Crippen molar-refractivity contribution >= 4 is 0 Å². The number of pyridine rings is 1. The van der Waals surface area contributed by atoms with E-state index in [1.54, 1.807) is 12.4 Å². The van der Waals surface area contributed by atoms with Gasteiger partial charge in [-0.05, 0) is 29.8 Å². The van der Waals surface area contributed by atoms with Gasteiger partial charge in [0.25, 0.3) is 5.89 Å². The number of hydrogen-bond donors (Lipinski definition) is 1. The van der Waals surface area contributed by atoms with E-state index in [2.05, 4.69) is 15.1 Å². The second-order valence-corrected chi connectivity index (χ2v) is 4.21. The molecule has 0 saturated carbocycles. The molecule has 0 aliphatic carbocycles. The highest BCUT2D eigenvalue weighted by atomic mass is 19.1. The lowest BCUT2D eigenvalue weighted by Gasteiger charge is -1.97. The van der Waals surface area contributed by atoms with Crippen LogP contribution in [0.3, 0.4) is 0 Å². The maximum Gasteiger partial charge on any atom is 0.260 e. The van der Waals surface area contributed by atoms with Crippen molar-refractivity contribution in [3.63, 3.8) is 0 Å². The molecule has 0 unspecified atom stereocenters. The summed E-state index contributed by atoms with van der Waals surface area (Å²) < 4.78 is 18.7. The van der Waals surface area contributed by atoms with Gasteiger partial charge in [-0.25, -0.2) is 4.39 Å². The maximum absolute atomic E-state index is 13.7. The SMILES string of the molecule is Oc1ccc(-c2nc(Cc3ccncc3)no2)c(F)c1.